The average molecular weight is 952 g/mol. The molecule has 7 atom stereocenters. The lowest BCUT2D eigenvalue weighted by molar-refractivity contribution is -0.302. The van der Waals surface area contributed by atoms with Crippen LogP contribution in [-0.4, -0.2) is 87.5 Å². The third kappa shape index (κ3) is 37.0. The maximum Gasteiger partial charge on any atom is 0.220 e. The van der Waals surface area contributed by atoms with Crippen molar-refractivity contribution in [3.8, 4) is 0 Å². The number of hydrogen-bond acceptors (Lipinski definition) is 8. The van der Waals surface area contributed by atoms with E-state index in [-0.39, 0.29) is 12.5 Å². The Kier molecular flexibility index (Phi) is 44.3. The number of carbonyl (C=O) groups is 1. The van der Waals surface area contributed by atoms with E-state index < -0.39 is 49.5 Å². The first-order valence-electron chi connectivity index (χ1n) is 27.5. The minimum Gasteiger partial charge on any atom is -0.394 e. The van der Waals surface area contributed by atoms with Crippen LogP contribution in [0.15, 0.2) is 97.2 Å². The molecule has 390 valence electrons. The van der Waals surface area contributed by atoms with E-state index in [9.17, 15) is 30.3 Å². The van der Waals surface area contributed by atoms with Gasteiger partial charge in [-0.3, -0.25) is 4.79 Å². The van der Waals surface area contributed by atoms with Crippen molar-refractivity contribution in [2.45, 2.75) is 256 Å². The van der Waals surface area contributed by atoms with Gasteiger partial charge in [0.1, 0.15) is 24.4 Å². The van der Waals surface area contributed by atoms with Crippen molar-refractivity contribution < 1.29 is 39.8 Å². The lowest BCUT2D eigenvalue weighted by atomic mass is 9.99. The summed E-state index contributed by atoms with van der Waals surface area (Å²) in [7, 11) is 0. The first-order chi connectivity index (χ1) is 33.3. The number of amides is 1. The second kappa shape index (κ2) is 47.8. The topological polar surface area (TPSA) is 149 Å². The Bertz CT molecular complexity index is 1380. The molecule has 0 aromatic carbocycles. The summed E-state index contributed by atoms with van der Waals surface area (Å²) in [6.07, 6.45) is 61.7. The molecule has 1 rings (SSSR count). The number of hydrogen-bond donors (Lipinski definition) is 6. The van der Waals surface area contributed by atoms with E-state index in [0.717, 1.165) is 83.5 Å². The van der Waals surface area contributed by atoms with Crippen molar-refractivity contribution in [2.24, 2.45) is 0 Å². The van der Waals surface area contributed by atoms with Crippen molar-refractivity contribution in [2.75, 3.05) is 13.2 Å². The molecule has 0 radical (unpaired) electrons. The molecule has 0 aromatic heterocycles. The zero-order chi connectivity index (χ0) is 49.4. The highest BCUT2D eigenvalue weighted by atomic mass is 16.7. The minimum absolute atomic E-state index is 0.208. The van der Waals surface area contributed by atoms with E-state index in [0.29, 0.717) is 12.8 Å². The van der Waals surface area contributed by atoms with Gasteiger partial charge in [-0.2, -0.15) is 0 Å². The van der Waals surface area contributed by atoms with Crippen molar-refractivity contribution in [1.82, 2.24) is 5.32 Å². The molecule has 1 aliphatic rings. The number of rotatable bonds is 45. The van der Waals surface area contributed by atoms with E-state index >= 15 is 0 Å². The number of carbonyl (C=O) groups excluding carboxylic acids is 1. The Morgan fingerprint density at radius 2 is 0.912 bits per heavy atom. The van der Waals surface area contributed by atoms with Crippen LogP contribution in [-0.2, 0) is 14.3 Å². The molecule has 7 unspecified atom stereocenters. The molecule has 0 aliphatic carbocycles. The minimum atomic E-state index is -1.58. The molecule has 1 saturated heterocycles. The third-order valence-electron chi connectivity index (χ3n) is 12.4. The van der Waals surface area contributed by atoms with Crippen LogP contribution < -0.4 is 5.32 Å². The Morgan fingerprint density at radius 1 is 0.515 bits per heavy atom. The Labute approximate surface area is 415 Å². The number of ether oxygens (including phenoxy) is 2. The molecule has 1 heterocycles. The molecule has 9 heteroatoms. The monoisotopic (exact) mass is 952 g/mol. The summed E-state index contributed by atoms with van der Waals surface area (Å²) in [5.41, 5.74) is 0. The fourth-order valence-corrected chi connectivity index (χ4v) is 8.08. The lowest BCUT2D eigenvalue weighted by Crippen LogP contribution is -2.60. The van der Waals surface area contributed by atoms with Gasteiger partial charge in [0, 0.05) is 6.42 Å². The molecule has 0 aromatic rings. The van der Waals surface area contributed by atoms with Gasteiger partial charge >= 0.3 is 0 Å². The highest BCUT2D eigenvalue weighted by Gasteiger charge is 2.44. The lowest BCUT2D eigenvalue weighted by Gasteiger charge is -2.40. The van der Waals surface area contributed by atoms with Crippen molar-refractivity contribution in [3.63, 3.8) is 0 Å². The van der Waals surface area contributed by atoms with Crippen LogP contribution in [0, 0.1) is 0 Å². The molecule has 68 heavy (non-hydrogen) atoms. The van der Waals surface area contributed by atoms with Crippen LogP contribution in [0.1, 0.15) is 213 Å². The summed E-state index contributed by atoms with van der Waals surface area (Å²) < 4.78 is 11.2. The standard InChI is InChI=1S/C59H101NO8/c1-3-5-7-9-11-13-15-17-19-21-23-25-26-27-28-29-31-33-35-37-39-41-43-45-47-49-55(63)60-52(51-67-59-58(66)57(65)56(64)54(50-61)68-59)53(62)48-46-44-42-40-38-36-34-32-30-24-22-20-18-16-14-12-10-8-6-4-2/h5,7,11,13,17,19,23,25,27-28,31,33,37,39,46,48,52-54,56-59,61-62,64-66H,3-4,6,8-10,12,14-16,18,20-22,24,26,29-30,32,34-36,38,40-45,47,49-51H2,1-2H3,(H,60,63)/b7-5-,13-11-,19-17-,25-23-,28-27-,33-31-,39-37-,48-46+. The van der Waals surface area contributed by atoms with E-state index in [4.69, 9.17) is 9.47 Å². The SMILES string of the molecule is CC/C=C\C/C=C\C/C=C\C/C=C\C/C=C\C/C=C\C/C=C\CCCCCC(=O)NC(COC1OC(CO)C(O)C(O)C1O)C(O)/C=C/CCCCCCCCCCCCCCCCCCCC. The molecular formula is C59H101NO8. The molecule has 9 nitrogen and oxygen atoms in total. The highest BCUT2D eigenvalue weighted by molar-refractivity contribution is 5.76. The number of nitrogens with one attached hydrogen (secondary N) is 1. The van der Waals surface area contributed by atoms with Gasteiger partial charge in [-0.15, -0.1) is 0 Å². The highest BCUT2D eigenvalue weighted by Crippen LogP contribution is 2.23. The summed E-state index contributed by atoms with van der Waals surface area (Å²) in [5.74, 6) is -0.212. The fraction of sp³-hybridized carbons (Fsp3) is 0.712. The molecule has 0 spiro atoms. The van der Waals surface area contributed by atoms with E-state index in [1.54, 1.807) is 6.08 Å². The van der Waals surface area contributed by atoms with Crippen LogP contribution in [0.2, 0.25) is 0 Å². The second-order valence-electron chi connectivity index (χ2n) is 18.6. The molecule has 1 aliphatic heterocycles. The number of aliphatic hydroxyl groups is 5. The van der Waals surface area contributed by atoms with Gasteiger partial charge in [0.2, 0.25) is 5.91 Å². The van der Waals surface area contributed by atoms with Crippen LogP contribution in [0.25, 0.3) is 0 Å². The molecule has 0 bridgehead atoms. The molecule has 1 fully saturated rings. The van der Waals surface area contributed by atoms with Crippen LogP contribution in [0.4, 0.5) is 0 Å². The Hall–Kier alpha value is -2.89. The van der Waals surface area contributed by atoms with Crippen LogP contribution >= 0.6 is 0 Å². The van der Waals surface area contributed by atoms with Gasteiger partial charge in [-0.05, 0) is 77.0 Å². The molecular weight excluding hydrogens is 851 g/mol. The van der Waals surface area contributed by atoms with Crippen molar-refractivity contribution >= 4 is 5.91 Å². The average Bonchev–Trinajstić information content (AvgIpc) is 3.34. The first kappa shape index (κ1) is 63.1. The van der Waals surface area contributed by atoms with Crippen molar-refractivity contribution in [1.29, 1.82) is 0 Å². The largest absolute Gasteiger partial charge is 0.394 e. The van der Waals surface area contributed by atoms with Gasteiger partial charge in [-0.1, -0.05) is 227 Å². The van der Waals surface area contributed by atoms with E-state index in [1.165, 1.54) is 103 Å². The smallest absolute Gasteiger partial charge is 0.220 e. The zero-order valence-electron chi connectivity index (χ0n) is 43.1. The maximum atomic E-state index is 13.0. The molecule has 0 saturated carbocycles. The molecule has 1 amide bonds. The predicted octanol–water partition coefficient (Wildman–Crippen LogP) is 13.2. The normalized spacial score (nSPS) is 20.4. The zero-order valence-corrected chi connectivity index (χ0v) is 43.1. The van der Waals surface area contributed by atoms with Gasteiger partial charge < -0.3 is 40.3 Å². The fourth-order valence-electron chi connectivity index (χ4n) is 8.08. The number of aliphatic hydroxyl groups excluding tert-OH is 5. The third-order valence-corrected chi connectivity index (χ3v) is 12.4. The summed E-state index contributed by atoms with van der Waals surface area (Å²) in [6, 6.07) is -0.830. The second-order valence-corrected chi connectivity index (χ2v) is 18.6. The van der Waals surface area contributed by atoms with Gasteiger partial charge in [-0.25, -0.2) is 0 Å². The Morgan fingerprint density at radius 3 is 1.35 bits per heavy atom. The quantitative estimate of drug-likeness (QED) is 0.0261. The summed E-state index contributed by atoms with van der Waals surface area (Å²) >= 11 is 0. The summed E-state index contributed by atoms with van der Waals surface area (Å²) in [4.78, 5) is 13.0. The predicted molar refractivity (Wildman–Crippen MR) is 285 cm³/mol. The van der Waals surface area contributed by atoms with E-state index in [2.05, 4.69) is 104 Å². The number of unbranched alkanes of at least 4 members (excludes halogenated alkanes) is 21. The summed E-state index contributed by atoms with van der Waals surface area (Å²) in [5, 5.41) is 54.4. The van der Waals surface area contributed by atoms with Crippen LogP contribution in [0.3, 0.4) is 0 Å². The van der Waals surface area contributed by atoms with E-state index in [1.807, 2.05) is 6.08 Å². The van der Waals surface area contributed by atoms with Crippen molar-refractivity contribution in [3.05, 3.63) is 97.2 Å². The summed E-state index contributed by atoms with van der Waals surface area (Å²) in [6.45, 7) is 3.65. The van der Waals surface area contributed by atoms with Gasteiger partial charge in [0.05, 0.1) is 25.4 Å². The first-order valence-corrected chi connectivity index (χ1v) is 27.5. The van der Waals surface area contributed by atoms with Crippen LogP contribution in [0.5, 0.6) is 0 Å². The Balaban J connectivity index is 2.32. The number of allylic oxidation sites excluding steroid dienone is 15. The molecule has 6 N–H and O–H groups in total. The van der Waals surface area contributed by atoms with Gasteiger partial charge in [0.25, 0.3) is 0 Å². The maximum absolute atomic E-state index is 13.0. The van der Waals surface area contributed by atoms with Gasteiger partial charge in [0.15, 0.2) is 6.29 Å².